The van der Waals surface area contributed by atoms with E-state index in [1.54, 1.807) is 43.1 Å². The molecule has 4 nitrogen and oxygen atoms in total. The summed E-state index contributed by atoms with van der Waals surface area (Å²) in [7, 11) is 1.59. The summed E-state index contributed by atoms with van der Waals surface area (Å²) >= 11 is 1.68. The Labute approximate surface area is 147 Å². The minimum atomic E-state index is -0.141. The van der Waals surface area contributed by atoms with E-state index in [1.165, 1.54) is 16.0 Å². The largest absolute Gasteiger partial charge is 0.355 e. The maximum atomic E-state index is 12.0. The molecule has 0 radical (unpaired) electrons. The fourth-order valence-electron chi connectivity index (χ4n) is 2.14. The molecule has 0 bridgehead atoms. The first kappa shape index (κ1) is 18.1. The summed E-state index contributed by atoms with van der Waals surface area (Å²) in [6.45, 7) is 4.18. The normalized spacial score (nSPS) is 10.3. The van der Waals surface area contributed by atoms with Crippen molar-refractivity contribution in [2.45, 2.75) is 25.2 Å². The number of benzene rings is 2. The molecule has 0 spiro atoms. The van der Waals surface area contributed by atoms with E-state index >= 15 is 0 Å². The minimum absolute atomic E-state index is 0.0287. The maximum Gasteiger partial charge on any atom is 0.251 e. The Hall–Kier alpha value is -2.27. The molecule has 0 unspecified atom stereocenters. The zero-order valence-corrected chi connectivity index (χ0v) is 15.0. The average molecular weight is 342 g/mol. The lowest BCUT2D eigenvalue weighted by atomic mass is 10.1. The highest BCUT2D eigenvalue weighted by Crippen LogP contribution is 2.22. The number of carbonyl (C=O) groups is 2. The molecule has 2 N–H and O–H groups in total. The fraction of sp³-hybridized carbons (Fsp3) is 0.263. The average Bonchev–Trinajstić information content (AvgIpc) is 2.58. The van der Waals surface area contributed by atoms with Crippen LogP contribution in [-0.4, -0.2) is 24.6 Å². The molecule has 24 heavy (non-hydrogen) atoms. The summed E-state index contributed by atoms with van der Waals surface area (Å²) in [6, 6.07) is 13.2. The Morgan fingerprint density at radius 3 is 2.33 bits per heavy atom. The summed E-state index contributed by atoms with van der Waals surface area (Å²) in [6.07, 6.45) is 0.439. The van der Waals surface area contributed by atoms with Gasteiger partial charge in [-0.2, -0.15) is 0 Å². The van der Waals surface area contributed by atoms with Gasteiger partial charge in [0.15, 0.2) is 0 Å². The lowest BCUT2D eigenvalue weighted by molar-refractivity contribution is -0.115. The van der Waals surface area contributed by atoms with Gasteiger partial charge in [-0.15, -0.1) is 11.8 Å². The quantitative estimate of drug-likeness (QED) is 0.786. The van der Waals surface area contributed by atoms with Crippen LogP contribution in [0.4, 0.5) is 5.69 Å². The van der Waals surface area contributed by atoms with Gasteiger partial charge in [-0.05, 0) is 61.4 Å². The van der Waals surface area contributed by atoms with Crippen molar-refractivity contribution in [1.82, 2.24) is 5.32 Å². The lowest BCUT2D eigenvalue weighted by Gasteiger charge is -2.07. The van der Waals surface area contributed by atoms with E-state index in [4.69, 9.17) is 0 Å². The monoisotopic (exact) mass is 342 g/mol. The SMILES string of the molecule is CNC(=O)c1ccc(NC(=O)CCSc2ccc(C)c(C)c2)cc1. The van der Waals surface area contributed by atoms with Crippen LogP contribution < -0.4 is 10.6 Å². The van der Waals surface area contributed by atoms with Crippen molar-refractivity contribution in [3.8, 4) is 0 Å². The number of aryl methyl sites for hydroxylation is 2. The molecule has 0 fully saturated rings. The molecule has 0 heterocycles. The maximum absolute atomic E-state index is 12.0. The zero-order chi connectivity index (χ0) is 17.5. The van der Waals surface area contributed by atoms with Gasteiger partial charge < -0.3 is 10.6 Å². The van der Waals surface area contributed by atoms with Crippen LogP contribution in [0.3, 0.4) is 0 Å². The summed E-state index contributed by atoms with van der Waals surface area (Å²) in [5.41, 5.74) is 3.81. The molecule has 2 rings (SSSR count). The smallest absolute Gasteiger partial charge is 0.251 e. The number of hydrogen-bond donors (Lipinski definition) is 2. The van der Waals surface area contributed by atoms with Gasteiger partial charge in [0.25, 0.3) is 5.91 Å². The molecule has 126 valence electrons. The highest BCUT2D eigenvalue weighted by atomic mass is 32.2. The second-order valence-corrected chi connectivity index (χ2v) is 6.72. The van der Waals surface area contributed by atoms with E-state index in [-0.39, 0.29) is 11.8 Å². The van der Waals surface area contributed by atoms with Crippen molar-refractivity contribution in [2.75, 3.05) is 18.1 Å². The molecular formula is C19H22N2O2S. The van der Waals surface area contributed by atoms with Crippen molar-refractivity contribution in [1.29, 1.82) is 0 Å². The van der Waals surface area contributed by atoms with Gasteiger partial charge in [0, 0.05) is 35.4 Å². The van der Waals surface area contributed by atoms with Crippen LogP contribution in [0.5, 0.6) is 0 Å². The lowest BCUT2D eigenvalue weighted by Crippen LogP contribution is -2.18. The first-order valence-corrected chi connectivity index (χ1v) is 8.80. The molecular weight excluding hydrogens is 320 g/mol. The Bertz CT molecular complexity index is 727. The first-order valence-electron chi connectivity index (χ1n) is 7.81. The van der Waals surface area contributed by atoms with Gasteiger partial charge in [0.05, 0.1) is 0 Å². The van der Waals surface area contributed by atoms with E-state index in [0.29, 0.717) is 17.7 Å². The Balaban J connectivity index is 1.80. The minimum Gasteiger partial charge on any atom is -0.355 e. The number of hydrogen-bond acceptors (Lipinski definition) is 3. The third-order valence-electron chi connectivity index (χ3n) is 3.73. The van der Waals surface area contributed by atoms with Gasteiger partial charge in [-0.3, -0.25) is 9.59 Å². The van der Waals surface area contributed by atoms with E-state index in [0.717, 1.165) is 5.75 Å². The van der Waals surface area contributed by atoms with Gasteiger partial charge in [0.1, 0.15) is 0 Å². The highest BCUT2D eigenvalue weighted by Gasteiger charge is 2.06. The fourth-order valence-corrected chi connectivity index (χ4v) is 3.09. The van der Waals surface area contributed by atoms with E-state index in [2.05, 4.69) is 42.7 Å². The third kappa shape index (κ3) is 5.13. The van der Waals surface area contributed by atoms with Crippen LogP contribution in [0.2, 0.25) is 0 Å². The van der Waals surface area contributed by atoms with Gasteiger partial charge >= 0.3 is 0 Å². The molecule has 0 saturated heterocycles. The number of thioether (sulfide) groups is 1. The van der Waals surface area contributed by atoms with Gasteiger partial charge in [0.2, 0.25) is 5.91 Å². The Morgan fingerprint density at radius 2 is 1.71 bits per heavy atom. The summed E-state index contributed by atoms with van der Waals surface area (Å²) in [5.74, 6) is 0.557. The molecule has 0 atom stereocenters. The van der Waals surface area contributed by atoms with Gasteiger partial charge in [-0.25, -0.2) is 0 Å². The second-order valence-electron chi connectivity index (χ2n) is 5.55. The van der Waals surface area contributed by atoms with Gasteiger partial charge in [-0.1, -0.05) is 6.07 Å². The van der Waals surface area contributed by atoms with Crippen molar-refractivity contribution >= 4 is 29.3 Å². The number of rotatable bonds is 6. The van der Waals surface area contributed by atoms with Crippen LogP contribution in [0.25, 0.3) is 0 Å². The first-order chi connectivity index (χ1) is 11.5. The van der Waals surface area contributed by atoms with Crippen LogP contribution in [0.15, 0.2) is 47.4 Å². The Morgan fingerprint density at radius 1 is 1.00 bits per heavy atom. The van der Waals surface area contributed by atoms with Crippen molar-refractivity contribution in [3.63, 3.8) is 0 Å². The molecule has 0 aliphatic rings. The molecule has 0 aliphatic carbocycles. The summed E-state index contributed by atoms with van der Waals surface area (Å²) in [4.78, 5) is 24.6. The van der Waals surface area contributed by atoms with Crippen molar-refractivity contribution in [2.24, 2.45) is 0 Å². The van der Waals surface area contributed by atoms with Crippen LogP contribution in [0, 0.1) is 13.8 Å². The molecule has 0 aromatic heterocycles. The topological polar surface area (TPSA) is 58.2 Å². The molecule has 2 aromatic carbocycles. The van der Waals surface area contributed by atoms with E-state index in [1.807, 2.05) is 0 Å². The van der Waals surface area contributed by atoms with Crippen molar-refractivity contribution in [3.05, 3.63) is 59.2 Å². The molecule has 0 saturated carbocycles. The van der Waals surface area contributed by atoms with E-state index in [9.17, 15) is 9.59 Å². The number of amides is 2. The summed E-state index contributed by atoms with van der Waals surface area (Å²) in [5, 5.41) is 5.41. The zero-order valence-electron chi connectivity index (χ0n) is 14.2. The van der Waals surface area contributed by atoms with E-state index < -0.39 is 0 Å². The number of carbonyl (C=O) groups excluding carboxylic acids is 2. The van der Waals surface area contributed by atoms with Crippen LogP contribution >= 0.6 is 11.8 Å². The Kier molecular flexibility index (Phi) is 6.44. The standard InChI is InChI=1S/C19H22N2O2S/c1-13-4-9-17(12-14(13)2)24-11-10-18(22)21-16-7-5-15(6-8-16)19(23)20-3/h4-9,12H,10-11H2,1-3H3,(H,20,23)(H,21,22). The van der Waals surface area contributed by atoms with Crippen LogP contribution in [-0.2, 0) is 4.79 Å². The number of nitrogens with one attached hydrogen (secondary N) is 2. The summed E-state index contributed by atoms with van der Waals surface area (Å²) < 4.78 is 0. The van der Waals surface area contributed by atoms with Crippen molar-refractivity contribution < 1.29 is 9.59 Å². The third-order valence-corrected chi connectivity index (χ3v) is 4.73. The molecule has 5 heteroatoms. The predicted molar refractivity (Wildman–Crippen MR) is 99.7 cm³/mol. The molecule has 2 aromatic rings. The molecule has 2 amide bonds. The highest BCUT2D eigenvalue weighted by molar-refractivity contribution is 7.99. The van der Waals surface area contributed by atoms with Crippen LogP contribution in [0.1, 0.15) is 27.9 Å². The molecule has 0 aliphatic heterocycles. The number of anilines is 1. The predicted octanol–water partition coefficient (Wildman–Crippen LogP) is 3.78. The second kappa shape index (κ2) is 8.55.